The fourth-order valence-electron chi connectivity index (χ4n) is 15.7. The molecule has 4 saturated carbocycles. The van der Waals surface area contributed by atoms with Gasteiger partial charge in [-0.15, -0.1) is 0 Å². The highest BCUT2D eigenvalue weighted by Crippen LogP contribution is 2.79. The summed E-state index contributed by atoms with van der Waals surface area (Å²) in [5, 5.41) is 120. The molecule has 18 nitrogen and oxygen atoms in total. The summed E-state index contributed by atoms with van der Waals surface area (Å²) in [6.07, 6.45) is -13.2. The molecule has 8 fully saturated rings. The molecule has 4 heterocycles. The highest BCUT2D eigenvalue weighted by atomic mass is 16.7. The van der Waals surface area contributed by atoms with Crippen molar-refractivity contribution in [1.82, 2.24) is 0 Å². The van der Waals surface area contributed by atoms with E-state index in [2.05, 4.69) is 46.8 Å². The van der Waals surface area contributed by atoms with Crippen molar-refractivity contribution in [2.75, 3.05) is 26.4 Å². The highest BCUT2D eigenvalue weighted by molar-refractivity contribution is 5.36. The number of aliphatic hydroxyl groups is 11. The number of hydrogen-bond acceptors (Lipinski definition) is 18. The molecule has 0 aromatic heterocycles. The number of hydrogen-bond donors (Lipinski definition) is 11. The summed E-state index contributed by atoms with van der Waals surface area (Å²) in [4.78, 5) is 0. The zero-order valence-electron chi connectivity index (χ0n) is 39.5. The van der Waals surface area contributed by atoms with Crippen LogP contribution in [0.2, 0.25) is 0 Å². The lowest BCUT2D eigenvalue weighted by molar-refractivity contribution is -0.371. The Morgan fingerprint density at radius 3 is 1.97 bits per heavy atom. The van der Waals surface area contributed by atoms with Gasteiger partial charge in [-0.2, -0.15) is 0 Å². The van der Waals surface area contributed by atoms with Gasteiger partial charge in [-0.1, -0.05) is 53.7 Å². The third-order valence-electron chi connectivity index (χ3n) is 20.0. The van der Waals surface area contributed by atoms with Gasteiger partial charge in [-0.25, -0.2) is 0 Å². The summed E-state index contributed by atoms with van der Waals surface area (Å²) in [5.41, 5.74) is -2.21. The monoisotopic (exact) mass is 943 g/mol. The molecule has 11 N–H and O–H groups in total. The Morgan fingerprint density at radius 2 is 1.29 bits per heavy atom. The number of allylic oxidation sites excluding steroid dienone is 1. The Hall–Kier alpha value is -0.980. The SMILES string of the molecule is C[C@H]1O[C@@H](O[C@H]2CC[C@@]3(C)[C@@H](CC[C@]4(C)[C@@H]3C=C[C@]35OC[C@@]6(CCC(C)(C)C[C@H]63)[C@@H](O)C[C@]54C)[C@]2(C)CO)[C@H](O)[C@@H](O[C@@H]2O[C@H](CO[C@@H]3O[C@H](CO)[C@@H](O)[C@H](O)[C@H]3O)[C@@H](O)[C@H](O)[C@H]2O)[C@H]1O. The second-order valence-electron chi connectivity index (χ2n) is 23.8. The van der Waals surface area contributed by atoms with Crippen molar-refractivity contribution in [3.8, 4) is 0 Å². The lowest BCUT2D eigenvalue weighted by atomic mass is 9.32. The average molecular weight is 943 g/mol. The number of aliphatic hydroxyl groups excluding tert-OH is 11. The predicted molar refractivity (Wildman–Crippen MR) is 229 cm³/mol. The molecule has 0 radical (unpaired) electrons. The number of ether oxygens (including phenoxy) is 7. The van der Waals surface area contributed by atoms with Gasteiger partial charge in [-0.3, -0.25) is 0 Å². The van der Waals surface area contributed by atoms with Crippen LogP contribution in [0.1, 0.15) is 99.8 Å². The van der Waals surface area contributed by atoms with Crippen molar-refractivity contribution in [2.24, 2.45) is 50.2 Å². The molecule has 0 amide bonds. The summed E-state index contributed by atoms with van der Waals surface area (Å²) in [7, 11) is 0. The van der Waals surface area contributed by atoms with E-state index in [1.807, 2.05) is 6.92 Å². The molecule has 378 valence electrons. The van der Waals surface area contributed by atoms with Crippen LogP contribution >= 0.6 is 0 Å². The minimum atomic E-state index is -1.87. The standard InChI is InChI=1S/C48H78O18/c1-22-30(52)38(66-40-36(58)34(56)32(54)24(64-40)19-60-39-35(57)33(55)31(53)23(18-49)63-39)37(59)41(62-22)65-29-10-11-43(4)25(44(29,5)20-50)8-12-45(6)26(43)9-13-48-27-16-42(2,3)14-15-47(27,21-61-48)28(51)17-46(45,48)7/h9,13,22-41,49-59H,8,10-12,14-21H2,1-7H3/t22-,23-,24-,25-,26-,27-,28+,29+,30+,31-,32-,33+,34+,35-,36-,37-,38+,39-,40+,41+,43+,44+,45-,46+,47-,48+/m1/s1. The number of rotatable bonds is 9. The van der Waals surface area contributed by atoms with E-state index in [4.69, 9.17) is 33.2 Å². The molecule has 66 heavy (non-hydrogen) atoms. The smallest absolute Gasteiger partial charge is 0.187 e. The first-order valence-electron chi connectivity index (χ1n) is 24.5. The second kappa shape index (κ2) is 17.1. The summed E-state index contributed by atoms with van der Waals surface area (Å²) in [6.45, 7) is 14.5. The van der Waals surface area contributed by atoms with Crippen LogP contribution in [-0.2, 0) is 33.2 Å². The van der Waals surface area contributed by atoms with Crippen molar-refractivity contribution in [1.29, 1.82) is 0 Å². The lowest BCUT2D eigenvalue weighted by Gasteiger charge is -2.73. The van der Waals surface area contributed by atoms with Crippen LogP contribution in [0.15, 0.2) is 12.2 Å². The number of fused-ring (bicyclic) bond motifs is 4. The maximum atomic E-state index is 12.2. The normalized spacial score (nSPS) is 58.8. The highest BCUT2D eigenvalue weighted by Gasteiger charge is 2.79. The van der Waals surface area contributed by atoms with E-state index < -0.39 is 129 Å². The Morgan fingerprint density at radius 1 is 0.636 bits per heavy atom. The Labute approximate surface area is 387 Å². The first-order chi connectivity index (χ1) is 30.9. The van der Waals surface area contributed by atoms with Crippen LogP contribution < -0.4 is 0 Å². The first kappa shape index (κ1) is 50.0. The molecule has 4 saturated heterocycles. The van der Waals surface area contributed by atoms with E-state index in [0.717, 1.165) is 38.5 Å². The van der Waals surface area contributed by atoms with E-state index in [-0.39, 0.29) is 51.4 Å². The van der Waals surface area contributed by atoms with Gasteiger partial charge in [0.1, 0.15) is 67.1 Å². The van der Waals surface area contributed by atoms with E-state index in [1.165, 1.54) is 0 Å². The molecule has 9 aliphatic rings. The zero-order chi connectivity index (χ0) is 47.9. The Kier molecular flexibility index (Phi) is 12.9. The Bertz CT molecular complexity index is 1800. The van der Waals surface area contributed by atoms with Crippen LogP contribution in [0.3, 0.4) is 0 Å². The van der Waals surface area contributed by atoms with Crippen molar-refractivity contribution >= 4 is 0 Å². The molecule has 0 aromatic rings. The van der Waals surface area contributed by atoms with Gasteiger partial charge in [0.15, 0.2) is 18.9 Å². The van der Waals surface area contributed by atoms with Crippen LogP contribution in [0, 0.1) is 50.2 Å². The molecule has 0 aromatic carbocycles. The van der Waals surface area contributed by atoms with Crippen molar-refractivity contribution in [3.05, 3.63) is 12.2 Å². The largest absolute Gasteiger partial charge is 0.396 e. The zero-order valence-corrected chi connectivity index (χ0v) is 39.5. The van der Waals surface area contributed by atoms with Gasteiger partial charge in [0.05, 0.1) is 50.3 Å². The third-order valence-corrected chi connectivity index (χ3v) is 20.0. The van der Waals surface area contributed by atoms with E-state index in [9.17, 15) is 56.2 Å². The van der Waals surface area contributed by atoms with Crippen LogP contribution in [-0.4, -0.2) is 193 Å². The molecule has 2 bridgehead atoms. The maximum Gasteiger partial charge on any atom is 0.187 e. The summed E-state index contributed by atoms with van der Waals surface area (Å²) in [6, 6.07) is 0. The van der Waals surface area contributed by atoms with E-state index in [0.29, 0.717) is 19.4 Å². The maximum absolute atomic E-state index is 12.2. The fourth-order valence-corrected chi connectivity index (χ4v) is 15.7. The van der Waals surface area contributed by atoms with Gasteiger partial charge >= 0.3 is 0 Å². The predicted octanol–water partition coefficient (Wildman–Crippen LogP) is -0.399. The van der Waals surface area contributed by atoms with Gasteiger partial charge in [0, 0.05) is 22.2 Å². The van der Waals surface area contributed by atoms with Crippen LogP contribution in [0.25, 0.3) is 0 Å². The van der Waals surface area contributed by atoms with Crippen molar-refractivity contribution in [2.45, 2.75) is 210 Å². The minimum absolute atomic E-state index is 0.0172. The fraction of sp³-hybridized carbons (Fsp3) is 0.958. The van der Waals surface area contributed by atoms with E-state index >= 15 is 0 Å². The van der Waals surface area contributed by atoms with E-state index in [1.54, 1.807) is 6.92 Å². The molecule has 1 spiro atoms. The van der Waals surface area contributed by atoms with Crippen LogP contribution in [0.4, 0.5) is 0 Å². The van der Waals surface area contributed by atoms with Crippen LogP contribution in [0.5, 0.6) is 0 Å². The molecule has 0 unspecified atom stereocenters. The minimum Gasteiger partial charge on any atom is -0.396 e. The molecule has 18 heteroatoms. The summed E-state index contributed by atoms with van der Waals surface area (Å²) in [5.74, 6) is 0.310. The first-order valence-corrected chi connectivity index (χ1v) is 24.5. The lowest BCUT2D eigenvalue weighted by Crippen LogP contribution is -2.72. The van der Waals surface area contributed by atoms with Crippen molar-refractivity contribution in [3.63, 3.8) is 0 Å². The summed E-state index contributed by atoms with van der Waals surface area (Å²) < 4.78 is 42.7. The molecular weight excluding hydrogens is 865 g/mol. The Balaban J connectivity index is 0.910. The molecule has 4 aliphatic heterocycles. The third kappa shape index (κ3) is 7.08. The molecular formula is C48H78O18. The average Bonchev–Trinajstić information content (AvgIpc) is 3.55. The van der Waals surface area contributed by atoms with Gasteiger partial charge in [-0.05, 0) is 86.4 Å². The second-order valence-corrected chi connectivity index (χ2v) is 23.8. The molecule has 26 atom stereocenters. The topological polar surface area (TPSA) is 287 Å². The summed E-state index contributed by atoms with van der Waals surface area (Å²) >= 11 is 0. The van der Waals surface area contributed by atoms with Gasteiger partial charge in [0.25, 0.3) is 0 Å². The van der Waals surface area contributed by atoms with Gasteiger partial charge in [0.2, 0.25) is 0 Å². The molecule has 9 rings (SSSR count). The molecule has 5 aliphatic carbocycles. The van der Waals surface area contributed by atoms with Crippen molar-refractivity contribution < 1.29 is 89.3 Å². The van der Waals surface area contributed by atoms with Gasteiger partial charge < -0.3 is 89.3 Å². The quantitative estimate of drug-likeness (QED) is 0.104.